The number of allylic oxidation sites excluding steroid dienone is 1. The van der Waals surface area contributed by atoms with E-state index in [1.807, 2.05) is 0 Å². The average Bonchev–Trinajstić information content (AvgIpc) is 2.63. The molecule has 0 N–H and O–H groups in total. The highest BCUT2D eigenvalue weighted by Crippen LogP contribution is 2.13. The molecule has 1 unspecified atom stereocenters. The Labute approximate surface area is 56.7 Å². The van der Waals surface area contributed by atoms with Gasteiger partial charge in [-0.15, -0.1) is 0 Å². The van der Waals surface area contributed by atoms with E-state index in [2.05, 4.69) is 19.1 Å². The topological polar surface area (TPSA) is 12.5 Å². The van der Waals surface area contributed by atoms with Crippen LogP contribution in [0, 0.1) is 0 Å². The molecule has 1 fully saturated rings. The lowest BCUT2D eigenvalue weighted by atomic mass is 10.2. The molecule has 1 rings (SSSR count). The molecule has 9 heavy (non-hydrogen) atoms. The summed E-state index contributed by atoms with van der Waals surface area (Å²) in [6, 6.07) is 0. The van der Waals surface area contributed by atoms with Crippen molar-refractivity contribution in [2.45, 2.75) is 32.3 Å². The van der Waals surface area contributed by atoms with Gasteiger partial charge in [-0.25, -0.2) is 0 Å². The van der Waals surface area contributed by atoms with Gasteiger partial charge in [0, 0.05) is 0 Å². The zero-order chi connectivity index (χ0) is 6.53. The molecule has 1 saturated heterocycles. The minimum atomic E-state index is 0.568. The predicted octanol–water partition coefficient (Wildman–Crippen LogP) is 2.13. The van der Waals surface area contributed by atoms with Crippen LogP contribution in [0.2, 0.25) is 0 Å². The monoisotopic (exact) mass is 126 g/mol. The van der Waals surface area contributed by atoms with Crippen molar-refractivity contribution in [1.29, 1.82) is 0 Å². The van der Waals surface area contributed by atoms with E-state index in [-0.39, 0.29) is 0 Å². The van der Waals surface area contributed by atoms with Crippen LogP contribution in [-0.4, -0.2) is 12.7 Å². The minimum Gasteiger partial charge on any atom is -0.373 e. The molecule has 0 bridgehead atoms. The van der Waals surface area contributed by atoms with E-state index in [0.29, 0.717) is 6.10 Å². The summed E-state index contributed by atoms with van der Waals surface area (Å²) in [7, 11) is 0. The first-order valence-corrected chi connectivity index (χ1v) is 3.70. The smallest absolute Gasteiger partial charge is 0.0844 e. The zero-order valence-corrected chi connectivity index (χ0v) is 5.97. The maximum atomic E-state index is 5.04. The van der Waals surface area contributed by atoms with Gasteiger partial charge in [-0.1, -0.05) is 25.5 Å². The molecule has 52 valence electrons. The molecule has 1 aliphatic rings. The molecule has 0 aromatic heterocycles. The summed E-state index contributed by atoms with van der Waals surface area (Å²) in [4.78, 5) is 0. The van der Waals surface area contributed by atoms with E-state index in [0.717, 1.165) is 13.0 Å². The van der Waals surface area contributed by atoms with Crippen LogP contribution in [0.5, 0.6) is 0 Å². The van der Waals surface area contributed by atoms with Gasteiger partial charge < -0.3 is 4.74 Å². The fourth-order valence-electron chi connectivity index (χ4n) is 0.737. The van der Waals surface area contributed by atoms with Crippen LogP contribution in [0.4, 0.5) is 0 Å². The quantitative estimate of drug-likeness (QED) is 0.415. The Morgan fingerprint density at radius 2 is 2.33 bits per heavy atom. The van der Waals surface area contributed by atoms with Crippen molar-refractivity contribution >= 4 is 0 Å². The Morgan fingerprint density at radius 1 is 1.56 bits per heavy atom. The summed E-state index contributed by atoms with van der Waals surface area (Å²) in [6.07, 6.45) is 8.62. The summed E-state index contributed by atoms with van der Waals surface area (Å²) >= 11 is 0. The second-order valence-electron chi connectivity index (χ2n) is 2.45. The third kappa shape index (κ3) is 3.31. The van der Waals surface area contributed by atoms with Gasteiger partial charge in [0.15, 0.2) is 0 Å². The molecule has 1 heterocycles. The normalized spacial score (nSPS) is 25.2. The van der Waals surface area contributed by atoms with Gasteiger partial charge in [0.05, 0.1) is 12.7 Å². The van der Waals surface area contributed by atoms with Gasteiger partial charge in [-0.3, -0.25) is 0 Å². The first-order chi connectivity index (χ1) is 4.43. The van der Waals surface area contributed by atoms with Gasteiger partial charge in [-0.2, -0.15) is 0 Å². The molecule has 1 nitrogen and oxygen atoms in total. The third-order valence-electron chi connectivity index (χ3n) is 1.42. The van der Waals surface area contributed by atoms with E-state index >= 15 is 0 Å². The Morgan fingerprint density at radius 3 is 2.89 bits per heavy atom. The number of hydrogen-bond acceptors (Lipinski definition) is 1. The van der Waals surface area contributed by atoms with Crippen LogP contribution in [0.1, 0.15) is 26.2 Å². The van der Waals surface area contributed by atoms with Crippen molar-refractivity contribution in [3.8, 4) is 0 Å². The van der Waals surface area contributed by atoms with Gasteiger partial charge in [0.1, 0.15) is 0 Å². The zero-order valence-electron chi connectivity index (χ0n) is 5.97. The number of ether oxygens (including phenoxy) is 1. The van der Waals surface area contributed by atoms with Crippen molar-refractivity contribution < 1.29 is 4.74 Å². The van der Waals surface area contributed by atoms with Crippen LogP contribution in [0.25, 0.3) is 0 Å². The Bertz CT molecular complexity index is 92.7. The Balaban J connectivity index is 1.88. The van der Waals surface area contributed by atoms with Gasteiger partial charge in [0.2, 0.25) is 0 Å². The lowest BCUT2D eigenvalue weighted by Gasteiger charge is -1.83. The van der Waals surface area contributed by atoms with Crippen LogP contribution < -0.4 is 0 Å². The second kappa shape index (κ2) is 3.67. The molecular formula is C8H14O. The Kier molecular flexibility index (Phi) is 2.78. The van der Waals surface area contributed by atoms with Crippen LogP contribution in [0.3, 0.4) is 0 Å². The average molecular weight is 126 g/mol. The summed E-state index contributed by atoms with van der Waals surface area (Å²) in [6.45, 7) is 3.18. The molecule has 0 aromatic carbocycles. The number of rotatable bonds is 4. The molecule has 0 aromatic rings. The van der Waals surface area contributed by atoms with Crippen molar-refractivity contribution in [3.05, 3.63) is 12.2 Å². The van der Waals surface area contributed by atoms with Crippen LogP contribution in [0.15, 0.2) is 12.2 Å². The van der Waals surface area contributed by atoms with E-state index < -0.39 is 0 Å². The molecule has 0 radical (unpaired) electrons. The lowest BCUT2D eigenvalue weighted by Crippen LogP contribution is -1.77. The summed E-state index contributed by atoms with van der Waals surface area (Å²) < 4.78 is 5.04. The highest BCUT2D eigenvalue weighted by atomic mass is 16.6. The van der Waals surface area contributed by atoms with Gasteiger partial charge in [0.25, 0.3) is 0 Å². The van der Waals surface area contributed by atoms with Gasteiger partial charge in [-0.05, 0) is 12.8 Å². The second-order valence-corrected chi connectivity index (χ2v) is 2.45. The first-order valence-electron chi connectivity index (χ1n) is 3.70. The molecule has 0 aliphatic carbocycles. The molecule has 1 heteroatoms. The minimum absolute atomic E-state index is 0.568. The lowest BCUT2D eigenvalue weighted by molar-refractivity contribution is 0.410. The van der Waals surface area contributed by atoms with E-state index in [4.69, 9.17) is 4.74 Å². The van der Waals surface area contributed by atoms with Crippen molar-refractivity contribution in [2.75, 3.05) is 6.61 Å². The largest absolute Gasteiger partial charge is 0.373 e. The third-order valence-corrected chi connectivity index (χ3v) is 1.42. The van der Waals surface area contributed by atoms with Crippen molar-refractivity contribution in [3.63, 3.8) is 0 Å². The summed E-state index contributed by atoms with van der Waals surface area (Å²) in [5, 5.41) is 0. The highest BCUT2D eigenvalue weighted by molar-refractivity contribution is 4.87. The van der Waals surface area contributed by atoms with E-state index in [1.165, 1.54) is 12.8 Å². The van der Waals surface area contributed by atoms with Crippen LogP contribution in [-0.2, 0) is 4.74 Å². The maximum absolute atomic E-state index is 5.04. The van der Waals surface area contributed by atoms with Crippen molar-refractivity contribution in [2.24, 2.45) is 0 Å². The molecule has 0 amide bonds. The highest BCUT2D eigenvalue weighted by Gasteiger charge is 2.19. The molecule has 1 aliphatic heterocycles. The van der Waals surface area contributed by atoms with E-state index in [1.54, 1.807) is 0 Å². The van der Waals surface area contributed by atoms with Crippen molar-refractivity contribution in [1.82, 2.24) is 0 Å². The Hall–Kier alpha value is -0.300. The van der Waals surface area contributed by atoms with Gasteiger partial charge >= 0.3 is 0 Å². The first kappa shape index (κ1) is 6.81. The summed E-state index contributed by atoms with van der Waals surface area (Å²) in [5.74, 6) is 0. The number of hydrogen-bond donors (Lipinski definition) is 0. The van der Waals surface area contributed by atoms with E-state index in [9.17, 15) is 0 Å². The standard InChI is InChI=1S/C8H14O/c1-2-3-4-5-6-8-7-9-8/h4-5,8H,2-3,6-7H2,1H3/b5-4+. The number of unbranched alkanes of at least 4 members (excludes halogenated alkanes) is 1. The fraction of sp³-hybridized carbons (Fsp3) is 0.750. The maximum Gasteiger partial charge on any atom is 0.0844 e. The van der Waals surface area contributed by atoms with Crippen LogP contribution >= 0.6 is 0 Å². The molecule has 0 spiro atoms. The number of epoxide rings is 1. The summed E-state index contributed by atoms with van der Waals surface area (Å²) in [5.41, 5.74) is 0. The SMILES string of the molecule is CCC/C=C/CC1CO1. The molecule has 0 saturated carbocycles. The molecular weight excluding hydrogens is 112 g/mol. The predicted molar refractivity (Wildman–Crippen MR) is 38.4 cm³/mol. The fourth-order valence-corrected chi connectivity index (χ4v) is 0.737. The molecule has 1 atom stereocenters.